The molecule has 1 aliphatic rings. The lowest BCUT2D eigenvalue weighted by atomic mass is 10.1. The van der Waals surface area contributed by atoms with Crippen molar-refractivity contribution < 1.29 is 14.1 Å². The van der Waals surface area contributed by atoms with Crippen molar-refractivity contribution in [1.29, 1.82) is 0 Å². The lowest BCUT2D eigenvalue weighted by Gasteiger charge is -2.04. The molecule has 1 heterocycles. The van der Waals surface area contributed by atoms with Crippen LogP contribution in [0.5, 0.6) is 0 Å². The van der Waals surface area contributed by atoms with Gasteiger partial charge in [0.2, 0.25) is 0 Å². The summed E-state index contributed by atoms with van der Waals surface area (Å²) < 4.78 is 10.4. The molecular weight excluding hydrogens is 290 g/mol. The zero-order valence-corrected chi connectivity index (χ0v) is 11.8. The summed E-state index contributed by atoms with van der Waals surface area (Å²) in [5.41, 5.74) is 1.57. The van der Waals surface area contributed by atoms with Gasteiger partial charge in [-0.3, -0.25) is 4.79 Å². The molecule has 0 fully saturated rings. The number of carbonyl (C=O) groups is 1. The Morgan fingerprint density at radius 1 is 1.24 bits per heavy atom. The molecule has 1 aromatic heterocycles. The smallest absolute Gasteiger partial charge is 0.317 e. The number of aromatic nitrogens is 1. The first kappa shape index (κ1) is 13.6. The Kier molecular flexibility index (Phi) is 3.88. The molecule has 106 valence electrons. The van der Waals surface area contributed by atoms with Gasteiger partial charge in [-0.05, 0) is 12.1 Å². The summed E-state index contributed by atoms with van der Waals surface area (Å²) >= 11 is 5.84. The van der Waals surface area contributed by atoms with E-state index in [-0.39, 0.29) is 18.5 Å². The Morgan fingerprint density at radius 2 is 1.95 bits per heavy atom. The Bertz CT molecular complexity index is 689. The van der Waals surface area contributed by atoms with Gasteiger partial charge in [-0.25, -0.2) is 0 Å². The van der Waals surface area contributed by atoms with Gasteiger partial charge in [0, 0.05) is 16.7 Å². The van der Waals surface area contributed by atoms with E-state index in [0.717, 1.165) is 5.56 Å². The van der Waals surface area contributed by atoms with Crippen molar-refractivity contribution in [3.05, 3.63) is 65.4 Å². The SMILES string of the molecule is O=C(OCc1cc(-c2ccc(Cl)cc2)no1)C1C=CC=C1. The number of carbonyl (C=O) groups excluding carboxylic acids is 1. The highest BCUT2D eigenvalue weighted by molar-refractivity contribution is 6.30. The van der Waals surface area contributed by atoms with Gasteiger partial charge >= 0.3 is 5.97 Å². The van der Waals surface area contributed by atoms with E-state index >= 15 is 0 Å². The van der Waals surface area contributed by atoms with E-state index in [0.29, 0.717) is 16.5 Å². The Morgan fingerprint density at radius 3 is 2.67 bits per heavy atom. The highest BCUT2D eigenvalue weighted by atomic mass is 35.5. The van der Waals surface area contributed by atoms with Crippen LogP contribution >= 0.6 is 11.6 Å². The number of esters is 1. The lowest BCUT2D eigenvalue weighted by molar-refractivity contribution is -0.147. The zero-order valence-electron chi connectivity index (χ0n) is 11.0. The van der Waals surface area contributed by atoms with Crippen LogP contribution in [0.15, 0.2) is 59.2 Å². The van der Waals surface area contributed by atoms with Gasteiger partial charge in [0.25, 0.3) is 0 Å². The average molecular weight is 302 g/mol. The van der Waals surface area contributed by atoms with Crippen LogP contribution in [-0.2, 0) is 16.1 Å². The zero-order chi connectivity index (χ0) is 14.7. The summed E-state index contributed by atoms with van der Waals surface area (Å²) in [5, 5.41) is 4.62. The Labute approximate surface area is 126 Å². The summed E-state index contributed by atoms with van der Waals surface area (Å²) in [7, 11) is 0. The molecule has 0 radical (unpaired) electrons. The number of allylic oxidation sites excluding steroid dienone is 2. The molecule has 2 aromatic rings. The van der Waals surface area contributed by atoms with E-state index in [4.69, 9.17) is 20.9 Å². The molecule has 4 nitrogen and oxygen atoms in total. The minimum atomic E-state index is -0.302. The normalized spacial score (nSPS) is 13.8. The van der Waals surface area contributed by atoms with Crippen molar-refractivity contribution in [3.63, 3.8) is 0 Å². The molecule has 3 rings (SSSR count). The molecule has 0 amide bonds. The van der Waals surface area contributed by atoms with Crippen molar-refractivity contribution >= 4 is 17.6 Å². The quantitative estimate of drug-likeness (QED) is 0.806. The van der Waals surface area contributed by atoms with Gasteiger partial charge in [0.1, 0.15) is 5.69 Å². The fourth-order valence-corrected chi connectivity index (χ4v) is 2.09. The molecule has 1 aliphatic carbocycles. The van der Waals surface area contributed by atoms with Crippen LogP contribution in [0.3, 0.4) is 0 Å². The van der Waals surface area contributed by atoms with Gasteiger partial charge in [-0.15, -0.1) is 0 Å². The molecule has 0 bridgehead atoms. The standard InChI is InChI=1S/C16H12ClNO3/c17-13-7-5-11(6-8-13)15-9-14(21-18-15)10-20-16(19)12-3-1-2-4-12/h1-9,12H,10H2. The number of rotatable bonds is 4. The minimum Gasteiger partial charge on any atom is -0.457 e. The first-order valence-electron chi connectivity index (χ1n) is 6.45. The van der Waals surface area contributed by atoms with Crippen molar-refractivity contribution in [1.82, 2.24) is 5.16 Å². The van der Waals surface area contributed by atoms with Crippen LogP contribution in [-0.4, -0.2) is 11.1 Å². The van der Waals surface area contributed by atoms with E-state index in [9.17, 15) is 4.79 Å². The molecule has 0 N–H and O–H groups in total. The van der Waals surface area contributed by atoms with E-state index in [1.165, 1.54) is 0 Å². The van der Waals surface area contributed by atoms with E-state index in [2.05, 4.69) is 5.16 Å². The monoisotopic (exact) mass is 301 g/mol. The molecule has 0 aliphatic heterocycles. The van der Waals surface area contributed by atoms with Gasteiger partial charge in [0.05, 0.1) is 5.92 Å². The van der Waals surface area contributed by atoms with Crippen LogP contribution in [0.25, 0.3) is 11.3 Å². The molecule has 5 heteroatoms. The first-order valence-corrected chi connectivity index (χ1v) is 6.83. The van der Waals surface area contributed by atoms with Crippen molar-refractivity contribution in [2.24, 2.45) is 5.92 Å². The second kappa shape index (κ2) is 5.97. The minimum absolute atomic E-state index is 0.0671. The number of hydrogen-bond acceptors (Lipinski definition) is 4. The Balaban J connectivity index is 1.62. The number of benzene rings is 1. The van der Waals surface area contributed by atoms with Crippen LogP contribution in [0, 0.1) is 5.92 Å². The van der Waals surface area contributed by atoms with Gasteiger partial charge in [-0.1, -0.05) is 53.2 Å². The van der Waals surface area contributed by atoms with Crippen molar-refractivity contribution in [2.75, 3.05) is 0 Å². The van der Waals surface area contributed by atoms with E-state index in [1.54, 1.807) is 30.4 Å². The number of halogens is 1. The highest BCUT2D eigenvalue weighted by Gasteiger charge is 2.17. The van der Waals surface area contributed by atoms with Crippen LogP contribution in [0.4, 0.5) is 0 Å². The van der Waals surface area contributed by atoms with Crippen molar-refractivity contribution in [2.45, 2.75) is 6.61 Å². The average Bonchev–Trinajstić information content (AvgIpc) is 3.17. The molecule has 21 heavy (non-hydrogen) atoms. The van der Waals surface area contributed by atoms with Crippen LogP contribution in [0.1, 0.15) is 5.76 Å². The maximum atomic E-state index is 11.7. The van der Waals surface area contributed by atoms with E-state index in [1.807, 2.05) is 24.3 Å². The number of ether oxygens (including phenoxy) is 1. The van der Waals surface area contributed by atoms with Crippen LogP contribution in [0.2, 0.25) is 5.02 Å². The topological polar surface area (TPSA) is 52.3 Å². The maximum absolute atomic E-state index is 11.7. The summed E-state index contributed by atoms with van der Waals surface area (Å²) in [6, 6.07) is 9.01. The lowest BCUT2D eigenvalue weighted by Crippen LogP contribution is -2.12. The molecule has 0 spiro atoms. The number of nitrogens with zero attached hydrogens (tertiary/aromatic N) is 1. The van der Waals surface area contributed by atoms with Crippen molar-refractivity contribution in [3.8, 4) is 11.3 Å². The first-order chi connectivity index (χ1) is 10.2. The third-order valence-corrected chi connectivity index (χ3v) is 3.33. The third kappa shape index (κ3) is 3.23. The molecule has 0 saturated heterocycles. The predicted molar refractivity (Wildman–Crippen MR) is 78.5 cm³/mol. The molecule has 0 unspecified atom stereocenters. The van der Waals surface area contributed by atoms with Gasteiger partial charge in [0.15, 0.2) is 12.4 Å². The third-order valence-electron chi connectivity index (χ3n) is 3.08. The molecule has 0 atom stereocenters. The van der Waals surface area contributed by atoms with Crippen LogP contribution < -0.4 is 0 Å². The summed E-state index contributed by atoms with van der Waals surface area (Å²) in [4.78, 5) is 11.7. The maximum Gasteiger partial charge on any atom is 0.317 e. The fraction of sp³-hybridized carbons (Fsp3) is 0.125. The summed E-state index contributed by atoms with van der Waals surface area (Å²) in [5.74, 6) is -0.104. The predicted octanol–water partition coefficient (Wildman–Crippen LogP) is 3.78. The van der Waals surface area contributed by atoms with Gasteiger partial charge < -0.3 is 9.26 Å². The molecular formula is C16H12ClNO3. The second-order valence-corrected chi connectivity index (χ2v) is 5.03. The summed E-state index contributed by atoms with van der Waals surface area (Å²) in [6.45, 7) is 0.0671. The fourth-order valence-electron chi connectivity index (χ4n) is 1.97. The highest BCUT2D eigenvalue weighted by Crippen LogP contribution is 2.22. The largest absolute Gasteiger partial charge is 0.457 e. The second-order valence-electron chi connectivity index (χ2n) is 4.59. The Hall–Kier alpha value is -2.33. The molecule has 1 aromatic carbocycles. The molecule has 0 saturated carbocycles. The number of hydrogen-bond donors (Lipinski definition) is 0. The van der Waals surface area contributed by atoms with E-state index < -0.39 is 0 Å². The summed E-state index contributed by atoms with van der Waals surface area (Å²) in [6.07, 6.45) is 7.20. The van der Waals surface area contributed by atoms with Gasteiger partial charge in [-0.2, -0.15) is 0 Å².